The summed E-state index contributed by atoms with van der Waals surface area (Å²) in [7, 11) is 1.69. The maximum atomic E-state index is 5.41. The fourth-order valence-electron chi connectivity index (χ4n) is 1.75. The summed E-state index contributed by atoms with van der Waals surface area (Å²) in [6, 6.07) is 4.12. The van der Waals surface area contributed by atoms with Crippen molar-refractivity contribution in [1.82, 2.24) is 0 Å². The molecule has 1 rings (SSSR count). The van der Waals surface area contributed by atoms with Gasteiger partial charge in [0.25, 0.3) is 0 Å². The summed E-state index contributed by atoms with van der Waals surface area (Å²) in [6.07, 6.45) is 5.09. The molecule has 0 fully saturated rings. The van der Waals surface area contributed by atoms with Gasteiger partial charge in [0, 0.05) is 5.56 Å². The van der Waals surface area contributed by atoms with E-state index >= 15 is 0 Å². The first kappa shape index (κ1) is 15.2. The van der Waals surface area contributed by atoms with Gasteiger partial charge in [0.1, 0.15) is 19.0 Å². The quantitative estimate of drug-likeness (QED) is 0.608. The SMILES string of the molecule is C#CCOCC#Cc1cc(C(C)C)c(OC)cc1C. The van der Waals surface area contributed by atoms with Crippen LogP contribution in [0.2, 0.25) is 0 Å². The van der Waals surface area contributed by atoms with Crippen LogP contribution in [0.3, 0.4) is 0 Å². The Kier molecular flexibility index (Phi) is 6.00. The van der Waals surface area contributed by atoms with Gasteiger partial charge in [-0.3, -0.25) is 0 Å². The van der Waals surface area contributed by atoms with Gasteiger partial charge in [-0.15, -0.1) is 6.42 Å². The Morgan fingerprint density at radius 1 is 1.26 bits per heavy atom. The molecular weight excluding hydrogens is 236 g/mol. The lowest BCUT2D eigenvalue weighted by Crippen LogP contribution is -1.97. The molecule has 2 nitrogen and oxygen atoms in total. The number of hydrogen-bond donors (Lipinski definition) is 0. The monoisotopic (exact) mass is 256 g/mol. The maximum absolute atomic E-state index is 5.41. The molecule has 1 aromatic carbocycles. The highest BCUT2D eigenvalue weighted by molar-refractivity contribution is 5.50. The Hall–Kier alpha value is -1.90. The second-order valence-corrected chi connectivity index (χ2v) is 4.56. The smallest absolute Gasteiger partial charge is 0.122 e. The summed E-state index contributed by atoms with van der Waals surface area (Å²) in [4.78, 5) is 0. The van der Waals surface area contributed by atoms with Crippen molar-refractivity contribution in [2.24, 2.45) is 0 Å². The summed E-state index contributed by atoms with van der Waals surface area (Å²) in [6.45, 7) is 6.96. The third kappa shape index (κ3) is 4.36. The van der Waals surface area contributed by atoms with E-state index in [-0.39, 0.29) is 0 Å². The van der Waals surface area contributed by atoms with Crippen molar-refractivity contribution >= 4 is 0 Å². The average molecular weight is 256 g/mol. The third-order valence-corrected chi connectivity index (χ3v) is 2.78. The van der Waals surface area contributed by atoms with Crippen LogP contribution in [0.4, 0.5) is 0 Å². The van der Waals surface area contributed by atoms with E-state index in [2.05, 4.69) is 37.7 Å². The standard InChI is InChI=1S/C17H20O2/c1-6-9-19-10-7-8-15-12-16(13(2)3)17(18-5)11-14(15)4/h1,11-13H,9-10H2,2-5H3. The lowest BCUT2D eigenvalue weighted by atomic mass is 9.96. The van der Waals surface area contributed by atoms with Crippen LogP contribution in [-0.2, 0) is 4.74 Å². The van der Waals surface area contributed by atoms with Crippen LogP contribution in [0, 0.1) is 31.1 Å². The molecule has 19 heavy (non-hydrogen) atoms. The minimum Gasteiger partial charge on any atom is -0.496 e. The van der Waals surface area contributed by atoms with Gasteiger partial charge in [-0.05, 0) is 36.1 Å². The summed E-state index contributed by atoms with van der Waals surface area (Å²) >= 11 is 0. The molecule has 0 heterocycles. The molecular formula is C17H20O2. The van der Waals surface area contributed by atoms with Crippen LogP contribution in [0.25, 0.3) is 0 Å². The van der Waals surface area contributed by atoms with Gasteiger partial charge in [-0.25, -0.2) is 0 Å². The molecule has 0 aliphatic rings. The fraction of sp³-hybridized carbons (Fsp3) is 0.412. The highest BCUT2D eigenvalue weighted by Gasteiger charge is 2.09. The Balaban J connectivity index is 2.96. The zero-order chi connectivity index (χ0) is 14.3. The van der Waals surface area contributed by atoms with E-state index in [1.54, 1.807) is 7.11 Å². The Labute approximate surface area is 116 Å². The van der Waals surface area contributed by atoms with Crippen molar-refractivity contribution in [3.05, 3.63) is 28.8 Å². The Bertz CT molecular complexity index is 525. The summed E-state index contributed by atoms with van der Waals surface area (Å²) < 4.78 is 10.5. The van der Waals surface area contributed by atoms with E-state index in [4.69, 9.17) is 15.9 Å². The second-order valence-electron chi connectivity index (χ2n) is 4.56. The van der Waals surface area contributed by atoms with Crippen LogP contribution in [-0.4, -0.2) is 20.3 Å². The molecule has 0 saturated carbocycles. The van der Waals surface area contributed by atoms with Crippen molar-refractivity contribution in [3.63, 3.8) is 0 Å². The molecule has 0 saturated heterocycles. The van der Waals surface area contributed by atoms with Crippen LogP contribution >= 0.6 is 0 Å². The van der Waals surface area contributed by atoms with E-state index in [1.165, 1.54) is 5.56 Å². The molecule has 0 amide bonds. The topological polar surface area (TPSA) is 18.5 Å². The summed E-state index contributed by atoms with van der Waals surface area (Å²) in [5, 5.41) is 0. The average Bonchev–Trinajstić information content (AvgIpc) is 2.39. The first-order chi connectivity index (χ1) is 9.10. The number of aryl methyl sites for hydroxylation is 1. The summed E-state index contributed by atoms with van der Waals surface area (Å²) in [5.74, 6) is 9.82. The van der Waals surface area contributed by atoms with Crippen LogP contribution in [0.1, 0.15) is 36.5 Å². The predicted molar refractivity (Wildman–Crippen MR) is 78.4 cm³/mol. The number of ether oxygens (including phenoxy) is 2. The molecule has 0 aliphatic heterocycles. The highest BCUT2D eigenvalue weighted by Crippen LogP contribution is 2.29. The molecule has 0 unspecified atom stereocenters. The molecule has 0 spiro atoms. The minimum absolute atomic E-state index is 0.299. The van der Waals surface area contributed by atoms with Gasteiger partial charge in [-0.1, -0.05) is 31.6 Å². The number of benzene rings is 1. The van der Waals surface area contributed by atoms with Crippen LogP contribution < -0.4 is 4.74 Å². The highest BCUT2D eigenvalue weighted by atomic mass is 16.5. The van der Waals surface area contributed by atoms with E-state index in [1.807, 2.05) is 13.0 Å². The Morgan fingerprint density at radius 2 is 2.00 bits per heavy atom. The van der Waals surface area contributed by atoms with E-state index in [0.29, 0.717) is 19.1 Å². The second kappa shape index (κ2) is 7.52. The lowest BCUT2D eigenvalue weighted by Gasteiger charge is -2.13. The normalized spacial score (nSPS) is 9.68. The van der Waals surface area contributed by atoms with E-state index < -0.39 is 0 Å². The molecule has 0 aliphatic carbocycles. The van der Waals surface area contributed by atoms with E-state index in [0.717, 1.165) is 16.9 Å². The fourth-order valence-corrected chi connectivity index (χ4v) is 1.75. The third-order valence-electron chi connectivity index (χ3n) is 2.78. The zero-order valence-corrected chi connectivity index (χ0v) is 12.0. The molecule has 2 heteroatoms. The molecule has 1 aromatic rings. The lowest BCUT2D eigenvalue weighted by molar-refractivity contribution is 0.205. The first-order valence-electron chi connectivity index (χ1n) is 6.28. The van der Waals surface area contributed by atoms with Crippen LogP contribution in [0.5, 0.6) is 5.75 Å². The molecule has 0 atom stereocenters. The molecule has 100 valence electrons. The van der Waals surface area contributed by atoms with Gasteiger partial charge in [0.2, 0.25) is 0 Å². The van der Waals surface area contributed by atoms with Crippen molar-refractivity contribution in [1.29, 1.82) is 0 Å². The number of hydrogen-bond acceptors (Lipinski definition) is 2. The first-order valence-corrected chi connectivity index (χ1v) is 6.28. The molecule has 0 radical (unpaired) electrons. The molecule has 0 N–H and O–H groups in total. The number of rotatable bonds is 4. The molecule has 0 bridgehead atoms. The van der Waals surface area contributed by atoms with Gasteiger partial charge < -0.3 is 9.47 Å². The van der Waals surface area contributed by atoms with E-state index in [9.17, 15) is 0 Å². The summed E-state index contributed by atoms with van der Waals surface area (Å²) in [5.41, 5.74) is 3.28. The number of terminal acetylenes is 1. The van der Waals surface area contributed by atoms with Crippen molar-refractivity contribution in [2.45, 2.75) is 26.7 Å². The zero-order valence-electron chi connectivity index (χ0n) is 12.0. The van der Waals surface area contributed by atoms with Gasteiger partial charge in [-0.2, -0.15) is 0 Å². The van der Waals surface area contributed by atoms with Crippen molar-refractivity contribution in [3.8, 4) is 29.9 Å². The van der Waals surface area contributed by atoms with Crippen LogP contribution in [0.15, 0.2) is 12.1 Å². The number of methoxy groups -OCH3 is 1. The Morgan fingerprint density at radius 3 is 2.58 bits per heavy atom. The predicted octanol–water partition coefficient (Wildman–Crippen LogP) is 3.13. The maximum Gasteiger partial charge on any atom is 0.122 e. The largest absolute Gasteiger partial charge is 0.496 e. The van der Waals surface area contributed by atoms with Gasteiger partial charge >= 0.3 is 0 Å². The van der Waals surface area contributed by atoms with Crippen molar-refractivity contribution in [2.75, 3.05) is 20.3 Å². The van der Waals surface area contributed by atoms with Crippen molar-refractivity contribution < 1.29 is 9.47 Å². The molecule has 0 aromatic heterocycles. The van der Waals surface area contributed by atoms with Gasteiger partial charge in [0.15, 0.2) is 0 Å². The van der Waals surface area contributed by atoms with Gasteiger partial charge in [0.05, 0.1) is 7.11 Å². The minimum atomic E-state index is 0.299.